The summed E-state index contributed by atoms with van der Waals surface area (Å²) >= 11 is 9.39. The van der Waals surface area contributed by atoms with Crippen molar-refractivity contribution >= 4 is 50.0 Å². The molecular formula is C16H14BrClN4O. The van der Waals surface area contributed by atoms with Gasteiger partial charge in [0.2, 0.25) is 5.91 Å². The van der Waals surface area contributed by atoms with Crippen molar-refractivity contribution in [2.24, 2.45) is 0 Å². The Morgan fingerprint density at radius 1 is 1.43 bits per heavy atom. The SMILES string of the molecule is CCC(C(=O)Nc1ccc(Br)c2cccnc12)n1cc(Cl)cn1. The standard InChI is InChI=1S/C16H14BrClN4O/c1-2-14(22-9-10(18)8-20-22)16(23)21-13-6-5-12(17)11-4-3-7-19-15(11)13/h3-9,14H,2H2,1H3,(H,21,23). The van der Waals surface area contributed by atoms with Gasteiger partial charge in [-0.1, -0.05) is 40.5 Å². The van der Waals surface area contributed by atoms with Gasteiger partial charge < -0.3 is 5.32 Å². The van der Waals surface area contributed by atoms with E-state index in [-0.39, 0.29) is 5.91 Å². The number of halogens is 2. The average molecular weight is 394 g/mol. The fourth-order valence-corrected chi connectivity index (χ4v) is 3.03. The highest BCUT2D eigenvalue weighted by Gasteiger charge is 2.20. The lowest BCUT2D eigenvalue weighted by Crippen LogP contribution is -2.26. The van der Waals surface area contributed by atoms with Gasteiger partial charge in [-0.3, -0.25) is 14.5 Å². The third-order valence-corrected chi connectivity index (χ3v) is 4.44. The topological polar surface area (TPSA) is 59.8 Å². The van der Waals surface area contributed by atoms with Crippen molar-refractivity contribution in [2.45, 2.75) is 19.4 Å². The van der Waals surface area contributed by atoms with Crippen LogP contribution in [0.2, 0.25) is 5.02 Å². The van der Waals surface area contributed by atoms with E-state index in [0.29, 0.717) is 17.1 Å². The number of anilines is 1. The Hall–Kier alpha value is -1.92. The van der Waals surface area contributed by atoms with Crippen LogP contribution < -0.4 is 5.32 Å². The van der Waals surface area contributed by atoms with Crippen molar-refractivity contribution in [3.63, 3.8) is 0 Å². The van der Waals surface area contributed by atoms with Crippen LogP contribution >= 0.6 is 27.5 Å². The monoisotopic (exact) mass is 392 g/mol. The zero-order valence-electron chi connectivity index (χ0n) is 12.3. The van der Waals surface area contributed by atoms with Crippen molar-refractivity contribution in [1.29, 1.82) is 0 Å². The summed E-state index contributed by atoms with van der Waals surface area (Å²) in [5, 5.41) is 8.52. The van der Waals surface area contributed by atoms with E-state index in [9.17, 15) is 4.79 Å². The summed E-state index contributed by atoms with van der Waals surface area (Å²) in [5.74, 6) is -0.151. The Morgan fingerprint density at radius 3 is 2.96 bits per heavy atom. The van der Waals surface area contributed by atoms with Gasteiger partial charge in [0.25, 0.3) is 0 Å². The van der Waals surface area contributed by atoms with Gasteiger partial charge in [-0.05, 0) is 24.6 Å². The molecule has 0 fully saturated rings. The third-order valence-electron chi connectivity index (χ3n) is 3.55. The number of aromatic nitrogens is 3. The molecule has 0 aliphatic heterocycles. The second-order valence-electron chi connectivity index (χ2n) is 5.05. The number of carbonyl (C=O) groups excluding carboxylic acids is 1. The van der Waals surface area contributed by atoms with Gasteiger partial charge in [-0.15, -0.1) is 0 Å². The number of nitrogens with zero attached hydrogens (tertiary/aromatic N) is 3. The van der Waals surface area contributed by atoms with Crippen LogP contribution in [0.4, 0.5) is 5.69 Å². The number of pyridine rings is 1. The maximum absolute atomic E-state index is 12.6. The van der Waals surface area contributed by atoms with Crippen LogP contribution in [0, 0.1) is 0 Å². The Balaban J connectivity index is 1.92. The van der Waals surface area contributed by atoms with Crippen molar-refractivity contribution in [3.8, 4) is 0 Å². The van der Waals surface area contributed by atoms with E-state index in [1.807, 2.05) is 31.2 Å². The molecule has 2 heterocycles. The Bertz CT molecular complexity index is 864. The van der Waals surface area contributed by atoms with Crippen molar-refractivity contribution in [3.05, 3.63) is 52.4 Å². The maximum Gasteiger partial charge on any atom is 0.249 e. The van der Waals surface area contributed by atoms with Gasteiger partial charge in [0.05, 0.1) is 22.4 Å². The molecule has 3 aromatic rings. The fraction of sp³-hybridized carbons (Fsp3) is 0.188. The summed E-state index contributed by atoms with van der Waals surface area (Å²) in [6, 6.07) is 7.11. The third kappa shape index (κ3) is 3.23. The first kappa shape index (κ1) is 16.0. The lowest BCUT2D eigenvalue weighted by molar-refractivity contribution is -0.119. The summed E-state index contributed by atoms with van der Waals surface area (Å²) in [7, 11) is 0. The minimum absolute atomic E-state index is 0.151. The molecule has 1 N–H and O–H groups in total. The molecule has 0 aliphatic rings. The summed E-state index contributed by atoms with van der Waals surface area (Å²) in [4.78, 5) is 17.0. The zero-order valence-corrected chi connectivity index (χ0v) is 14.7. The van der Waals surface area contributed by atoms with E-state index in [1.165, 1.54) is 6.20 Å². The molecular weight excluding hydrogens is 380 g/mol. The minimum Gasteiger partial charge on any atom is -0.322 e. The van der Waals surface area contributed by atoms with Crippen LogP contribution in [0.3, 0.4) is 0 Å². The number of rotatable bonds is 4. The number of amides is 1. The number of carbonyl (C=O) groups is 1. The summed E-state index contributed by atoms with van der Waals surface area (Å²) in [6.45, 7) is 1.93. The molecule has 1 unspecified atom stereocenters. The van der Waals surface area contributed by atoms with Gasteiger partial charge in [0.1, 0.15) is 6.04 Å². The Labute approximate surface area is 146 Å². The second kappa shape index (κ2) is 6.68. The summed E-state index contributed by atoms with van der Waals surface area (Å²) < 4.78 is 2.51. The number of hydrogen-bond acceptors (Lipinski definition) is 3. The molecule has 23 heavy (non-hydrogen) atoms. The predicted molar refractivity (Wildman–Crippen MR) is 94.6 cm³/mol. The minimum atomic E-state index is -0.426. The first-order valence-corrected chi connectivity index (χ1v) is 8.31. The molecule has 5 nitrogen and oxygen atoms in total. The molecule has 2 aromatic heterocycles. The number of benzene rings is 1. The highest BCUT2D eigenvalue weighted by molar-refractivity contribution is 9.10. The Kier molecular flexibility index (Phi) is 4.63. The normalized spacial score (nSPS) is 12.3. The first-order valence-electron chi connectivity index (χ1n) is 7.14. The van der Waals surface area contributed by atoms with Crippen molar-refractivity contribution in [2.75, 3.05) is 5.32 Å². The van der Waals surface area contributed by atoms with E-state index in [1.54, 1.807) is 17.1 Å². The number of fused-ring (bicyclic) bond motifs is 1. The average Bonchev–Trinajstić information content (AvgIpc) is 2.97. The predicted octanol–water partition coefficient (Wildman–Crippen LogP) is 4.44. The number of hydrogen-bond donors (Lipinski definition) is 1. The van der Waals surface area contributed by atoms with E-state index >= 15 is 0 Å². The van der Waals surface area contributed by atoms with Gasteiger partial charge in [0, 0.05) is 22.3 Å². The lowest BCUT2D eigenvalue weighted by Gasteiger charge is -2.16. The molecule has 1 atom stereocenters. The molecule has 7 heteroatoms. The van der Waals surface area contributed by atoms with Crippen molar-refractivity contribution in [1.82, 2.24) is 14.8 Å². The highest BCUT2D eigenvalue weighted by Crippen LogP contribution is 2.29. The van der Waals surface area contributed by atoms with Gasteiger partial charge >= 0.3 is 0 Å². The fourth-order valence-electron chi connectivity index (χ4n) is 2.43. The molecule has 1 aromatic carbocycles. The van der Waals surface area contributed by atoms with E-state index in [2.05, 4.69) is 31.3 Å². The van der Waals surface area contributed by atoms with Gasteiger partial charge in [-0.2, -0.15) is 5.10 Å². The second-order valence-corrected chi connectivity index (χ2v) is 6.34. The first-order chi connectivity index (χ1) is 11.1. The van der Waals surface area contributed by atoms with Crippen LogP contribution in [-0.2, 0) is 4.79 Å². The molecule has 0 radical (unpaired) electrons. The van der Waals surface area contributed by atoms with Crippen LogP contribution in [0.25, 0.3) is 10.9 Å². The van der Waals surface area contributed by atoms with Crippen LogP contribution in [0.1, 0.15) is 19.4 Å². The molecule has 0 saturated carbocycles. The van der Waals surface area contributed by atoms with Crippen LogP contribution in [0.5, 0.6) is 0 Å². The van der Waals surface area contributed by atoms with Gasteiger partial charge in [0.15, 0.2) is 0 Å². The summed E-state index contributed by atoms with van der Waals surface area (Å²) in [6.07, 6.45) is 5.47. The quantitative estimate of drug-likeness (QED) is 0.713. The molecule has 118 valence electrons. The molecule has 1 amide bonds. The zero-order chi connectivity index (χ0) is 16.4. The number of nitrogens with one attached hydrogen (secondary N) is 1. The van der Waals surface area contributed by atoms with E-state index < -0.39 is 6.04 Å². The van der Waals surface area contributed by atoms with Crippen LogP contribution in [-0.4, -0.2) is 20.7 Å². The molecule has 0 spiro atoms. The Morgan fingerprint density at radius 2 is 2.26 bits per heavy atom. The largest absolute Gasteiger partial charge is 0.322 e. The molecule has 3 rings (SSSR count). The van der Waals surface area contributed by atoms with Gasteiger partial charge in [-0.25, -0.2) is 0 Å². The van der Waals surface area contributed by atoms with E-state index in [4.69, 9.17) is 11.6 Å². The van der Waals surface area contributed by atoms with Crippen molar-refractivity contribution < 1.29 is 4.79 Å². The summed E-state index contributed by atoms with van der Waals surface area (Å²) in [5.41, 5.74) is 1.41. The molecule has 0 aliphatic carbocycles. The molecule has 0 saturated heterocycles. The smallest absolute Gasteiger partial charge is 0.249 e. The van der Waals surface area contributed by atoms with E-state index in [0.717, 1.165) is 15.4 Å². The van der Waals surface area contributed by atoms with Crippen LogP contribution in [0.15, 0.2) is 47.3 Å². The lowest BCUT2D eigenvalue weighted by atomic mass is 10.1. The highest BCUT2D eigenvalue weighted by atomic mass is 79.9. The maximum atomic E-state index is 12.6. The molecule has 0 bridgehead atoms.